The molecule has 0 aliphatic heterocycles. The van der Waals surface area contributed by atoms with E-state index in [2.05, 4.69) is 132 Å². The first-order valence-corrected chi connectivity index (χ1v) is 14.5. The first-order valence-electron chi connectivity index (χ1n) is 14.5. The zero-order chi connectivity index (χ0) is 28.3. The summed E-state index contributed by atoms with van der Waals surface area (Å²) < 4.78 is 12.5. The Hall–Kier alpha value is -5.80. The summed E-state index contributed by atoms with van der Waals surface area (Å²) in [5.74, 6) is 0. The molecule has 7 aromatic carbocycles. The van der Waals surface area contributed by atoms with Crippen LogP contribution in [-0.2, 0) is 0 Å². The van der Waals surface area contributed by atoms with Crippen molar-refractivity contribution in [3.63, 3.8) is 0 Å². The third-order valence-electron chi connectivity index (χ3n) is 8.46. The summed E-state index contributed by atoms with van der Waals surface area (Å²) in [5, 5.41) is 6.83. The van der Waals surface area contributed by atoms with E-state index in [1.54, 1.807) is 0 Å². The highest BCUT2D eigenvalue weighted by Gasteiger charge is 2.22. The van der Waals surface area contributed by atoms with Crippen LogP contribution < -0.4 is 4.90 Å². The largest absolute Gasteiger partial charge is 0.456 e. The van der Waals surface area contributed by atoms with Gasteiger partial charge >= 0.3 is 0 Å². The number of hydrogen-bond acceptors (Lipinski definition) is 3. The van der Waals surface area contributed by atoms with Crippen molar-refractivity contribution in [1.29, 1.82) is 0 Å². The summed E-state index contributed by atoms with van der Waals surface area (Å²) in [6.07, 6.45) is 0. The average molecular weight is 552 g/mol. The molecule has 0 N–H and O–H groups in total. The predicted molar refractivity (Wildman–Crippen MR) is 179 cm³/mol. The fourth-order valence-electron chi connectivity index (χ4n) is 6.56. The number of benzene rings is 7. The van der Waals surface area contributed by atoms with Crippen molar-refractivity contribution in [2.45, 2.75) is 0 Å². The molecule has 0 unspecified atom stereocenters. The Kier molecular flexibility index (Phi) is 5.20. The molecule has 0 bridgehead atoms. The molecule has 9 aromatic rings. The summed E-state index contributed by atoms with van der Waals surface area (Å²) in [7, 11) is 0. The van der Waals surface area contributed by atoms with Crippen LogP contribution in [0.15, 0.2) is 160 Å². The van der Waals surface area contributed by atoms with Crippen LogP contribution in [0.4, 0.5) is 17.1 Å². The Morgan fingerprint density at radius 1 is 0.372 bits per heavy atom. The van der Waals surface area contributed by atoms with Crippen LogP contribution in [0.25, 0.3) is 65.8 Å². The maximum absolute atomic E-state index is 6.30. The zero-order valence-electron chi connectivity index (χ0n) is 23.2. The second kappa shape index (κ2) is 9.37. The van der Waals surface area contributed by atoms with Crippen LogP contribution in [0.2, 0.25) is 0 Å². The van der Waals surface area contributed by atoms with Crippen LogP contribution in [0.3, 0.4) is 0 Å². The molecule has 3 heteroatoms. The quantitative estimate of drug-likeness (QED) is 0.218. The molecule has 0 aliphatic carbocycles. The predicted octanol–water partition coefficient (Wildman–Crippen LogP) is 11.8. The molecule has 0 atom stereocenters. The first kappa shape index (κ1) is 23.9. The first-order chi connectivity index (χ1) is 21.3. The number of hydrogen-bond donors (Lipinski definition) is 0. The summed E-state index contributed by atoms with van der Waals surface area (Å²) in [6, 6.07) is 53.2. The lowest BCUT2D eigenvalue weighted by Gasteiger charge is -2.29. The van der Waals surface area contributed by atoms with E-state index in [1.807, 2.05) is 24.3 Å². The summed E-state index contributed by atoms with van der Waals surface area (Å²) in [5.41, 5.74) is 9.08. The normalized spacial score (nSPS) is 11.7. The number of nitrogens with zero attached hydrogens (tertiary/aromatic N) is 1. The Morgan fingerprint density at radius 2 is 0.953 bits per heavy atom. The summed E-state index contributed by atoms with van der Waals surface area (Å²) in [6.45, 7) is 0. The van der Waals surface area contributed by atoms with Crippen molar-refractivity contribution < 1.29 is 8.83 Å². The van der Waals surface area contributed by atoms with Crippen LogP contribution in [0, 0.1) is 0 Å². The van der Waals surface area contributed by atoms with Gasteiger partial charge in [0.2, 0.25) is 0 Å². The van der Waals surface area contributed by atoms with Crippen molar-refractivity contribution in [2.75, 3.05) is 4.90 Å². The highest BCUT2D eigenvalue weighted by atomic mass is 16.3. The van der Waals surface area contributed by atoms with E-state index in [-0.39, 0.29) is 0 Å². The van der Waals surface area contributed by atoms with Crippen molar-refractivity contribution in [3.05, 3.63) is 152 Å². The van der Waals surface area contributed by atoms with Gasteiger partial charge in [0.1, 0.15) is 22.3 Å². The molecule has 43 heavy (non-hydrogen) atoms. The van der Waals surface area contributed by atoms with Crippen LogP contribution >= 0.6 is 0 Å². The van der Waals surface area contributed by atoms with Gasteiger partial charge in [-0.15, -0.1) is 0 Å². The highest BCUT2D eigenvalue weighted by Crippen LogP contribution is 2.47. The van der Waals surface area contributed by atoms with Crippen molar-refractivity contribution in [3.8, 4) is 11.1 Å². The molecule has 9 rings (SSSR count). The van der Waals surface area contributed by atoms with E-state index in [4.69, 9.17) is 8.83 Å². The Balaban J connectivity index is 1.36. The lowest BCUT2D eigenvalue weighted by atomic mass is 9.96. The van der Waals surface area contributed by atoms with Gasteiger partial charge in [0.15, 0.2) is 0 Å². The average Bonchev–Trinajstić information content (AvgIpc) is 3.64. The molecule has 202 valence electrons. The molecule has 0 fully saturated rings. The minimum Gasteiger partial charge on any atom is -0.456 e. The van der Waals surface area contributed by atoms with Crippen molar-refractivity contribution in [2.24, 2.45) is 0 Å². The third kappa shape index (κ3) is 3.68. The van der Waals surface area contributed by atoms with E-state index >= 15 is 0 Å². The minimum atomic E-state index is 0.880. The Morgan fingerprint density at radius 3 is 1.86 bits per heavy atom. The van der Waals surface area contributed by atoms with Gasteiger partial charge in [0.05, 0.1) is 11.4 Å². The molecule has 0 spiro atoms. The lowest BCUT2D eigenvalue weighted by Crippen LogP contribution is -2.11. The van der Waals surface area contributed by atoms with E-state index < -0.39 is 0 Å². The summed E-state index contributed by atoms with van der Waals surface area (Å²) >= 11 is 0. The smallest absolute Gasteiger partial charge is 0.136 e. The number of anilines is 3. The molecule has 3 nitrogen and oxygen atoms in total. The van der Waals surface area contributed by atoms with Gasteiger partial charge in [-0.05, 0) is 59.5 Å². The molecule has 0 saturated heterocycles. The van der Waals surface area contributed by atoms with E-state index in [0.717, 1.165) is 72.1 Å². The third-order valence-corrected chi connectivity index (χ3v) is 8.46. The van der Waals surface area contributed by atoms with Gasteiger partial charge in [-0.2, -0.15) is 0 Å². The molecule has 0 radical (unpaired) electrons. The Bertz CT molecular complexity index is 2480. The minimum absolute atomic E-state index is 0.880. The molecule has 0 aliphatic rings. The topological polar surface area (TPSA) is 29.5 Å². The SMILES string of the molecule is c1ccc(N(c2ccc3oc4ccccc4c3c2)c2cccc3ccccc23)c(-c2cccc3oc4ccccc4c23)c1. The van der Waals surface area contributed by atoms with Gasteiger partial charge in [0.25, 0.3) is 0 Å². The molecular formula is C40H25NO2. The van der Waals surface area contributed by atoms with E-state index in [9.17, 15) is 0 Å². The standard InChI is InChI=1S/C40H25NO2/c1-2-13-28-26(11-1)12-9-19-34(28)41(27-23-24-38-33(25-27)30-15-4-7-20-36(30)42-38)35-18-6-3-14-29(35)31-17-10-22-39-40(31)32-16-5-8-21-37(32)43-39/h1-25H. The summed E-state index contributed by atoms with van der Waals surface area (Å²) in [4.78, 5) is 2.39. The zero-order valence-corrected chi connectivity index (χ0v) is 23.2. The van der Waals surface area contributed by atoms with Crippen molar-refractivity contribution in [1.82, 2.24) is 0 Å². The van der Waals surface area contributed by atoms with Gasteiger partial charge in [0, 0.05) is 38.2 Å². The second-order valence-electron chi connectivity index (χ2n) is 10.9. The molecule has 0 amide bonds. The fraction of sp³-hybridized carbons (Fsp3) is 0. The van der Waals surface area contributed by atoms with Gasteiger partial charge in [-0.1, -0.05) is 103 Å². The van der Waals surface area contributed by atoms with E-state index in [0.29, 0.717) is 0 Å². The lowest BCUT2D eigenvalue weighted by molar-refractivity contribution is 0.668. The molecule has 2 heterocycles. The van der Waals surface area contributed by atoms with Gasteiger partial charge < -0.3 is 13.7 Å². The maximum Gasteiger partial charge on any atom is 0.136 e. The maximum atomic E-state index is 6.30. The molecular weight excluding hydrogens is 526 g/mol. The number of rotatable bonds is 4. The van der Waals surface area contributed by atoms with Crippen LogP contribution in [0.5, 0.6) is 0 Å². The highest BCUT2D eigenvalue weighted by molar-refractivity contribution is 6.14. The van der Waals surface area contributed by atoms with Gasteiger partial charge in [-0.3, -0.25) is 0 Å². The fourth-order valence-corrected chi connectivity index (χ4v) is 6.56. The second-order valence-corrected chi connectivity index (χ2v) is 10.9. The molecule has 2 aromatic heterocycles. The van der Waals surface area contributed by atoms with Crippen molar-refractivity contribution >= 4 is 71.7 Å². The van der Waals surface area contributed by atoms with Crippen LogP contribution in [0.1, 0.15) is 0 Å². The number of para-hydroxylation sites is 3. The molecule has 0 saturated carbocycles. The number of furan rings is 2. The van der Waals surface area contributed by atoms with Gasteiger partial charge in [-0.25, -0.2) is 0 Å². The number of fused-ring (bicyclic) bond motifs is 7. The van der Waals surface area contributed by atoms with E-state index in [1.165, 1.54) is 10.8 Å². The monoisotopic (exact) mass is 551 g/mol. The Labute approximate surface area is 247 Å². The van der Waals surface area contributed by atoms with Crippen LogP contribution in [-0.4, -0.2) is 0 Å².